The standard InChI is InChI=1S/C48H79NO8/c1-25(31-9-11-34-44-36(24-40(54)47(31,34)5)46(4)18-16-30(50)20-28(46)22-38(44)52)7-13-41(55)49-29-15-17-45(3)27(19-29)21-37(51)43-33-12-10-32(26(2)8-14-42(56)57)48(33,6)39(53)23-35(43)45/h25-40,43-44,50-54H,7-24H2,1-6H3,(H,49,55)(H,56,57)/t25-,26-,27+,28+,29+,30-,31-,32-,33+,34+,35+,36+,37-,38-,39+,40+,43+,44+,45+,46+,47-,48-/m1/s1. The fraction of sp³-hybridized carbons (Fsp3) is 0.958. The highest BCUT2D eigenvalue weighted by atomic mass is 16.4. The number of rotatable bonds is 9. The first kappa shape index (κ1) is 42.4. The molecule has 8 fully saturated rings. The van der Waals surface area contributed by atoms with Crippen molar-refractivity contribution in [3.05, 3.63) is 0 Å². The number of aliphatic hydroxyl groups excluding tert-OH is 5. The third kappa shape index (κ3) is 6.70. The fourth-order valence-corrected chi connectivity index (χ4v) is 17.8. The van der Waals surface area contributed by atoms with Crippen LogP contribution in [0.15, 0.2) is 0 Å². The number of nitrogens with one attached hydrogen (secondary N) is 1. The lowest BCUT2D eigenvalue weighted by Crippen LogP contribution is -2.63. The molecule has 0 aromatic heterocycles. The highest BCUT2D eigenvalue weighted by Gasteiger charge is 2.67. The van der Waals surface area contributed by atoms with E-state index >= 15 is 0 Å². The van der Waals surface area contributed by atoms with E-state index < -0.39 is 24.3 Å². The molecule has 324 valence electrons. The summed E-state index contributed by atoms with van der Waals surface area (Å²) < 4.78 is 0. The van der Waals surface area contributed by atoms with Gasteiger partial charge in [-0.2, -0.15) is 0 Å². The molecule has 8 aliphatic carbocycles. The normalized spacial score (nSPS) is 53.9. The van der Waals surface area contributed by atoms with Crippen LogP contribution < -0.4 is 5.32 Å². The Labute approximate surface area is 342 Å². The van der Waals surface area contributed by atoms with E-state index in [2.05, 4.69) is 46.9 Å². The van der Waals surface area contributed by atoms with Crippen LogP contribution in [0, 0.1) is 92.7 Å². The monoisotopic (exact) mass is 798 g/mol. The van der Waals surface area contributed by atoms with Crippen molar-refractivity contribution in [2.24, 2.45) is 92.7 Å². The average molecular weight is 798 g/mol. The van der Waals surface area contributed by atoms with Crippen LogP contribution in [0.25, 0.3) is 0 Å². The maximum atomic E-state index is 13.7. The predicted molar refractivity (Wildman–Crippen MR) is 218 cm³/mol. The summed E-state index contributed by atoms with van der Waals surface area (Å²) in [5, 5.41) is 70.8. The molecular formula is C48H79NO8. The van der Waals surface area contributed by atoms with Crippen LogP contribution in [-0.4, -0.2) is 79.1 Å². The SMILES string of the molecule is C[C@H](CCC(=O)N[C@H]1CC[C@@]2(C)[C@@H](C1)C[C@@H](O)[C@@H]1[C@@H]2C[C@H](O)[C@]2(C)[C@@H]([C@H](C)CCC(=O)O)CC[C@@H]12)[C@H]1CC[C@H]2[C@@H]3[C@H](O)C[C@@H]4C[C@H](O)CC[C@]4(C)[C@H]3C[C@H](O)[C@]12C. The minimum atomic E-state index is -0.764. The number of hydrogen-bond acceptors (Lipinski definition) is 7. The topological polar surface area (TPSA) is 168 Å². The Morgan fingerprint density at radius 2 is 1.07 bits per heavy atom. The Morgan fingerprint density at radius 1 is 0.596 bits per heavy atom. The van der Waals surface area contributed by atoms with Crippen molar-refractivity contribution >= 4 is 11.9 Å². The third-order valence-electron chi connectivity index (χ3n) is 21.1. The van der Waals surface area contributed by atoms with E-state index in [1.165, 1.54) is 0 Å². The van der Waals surface area contributed by atoms with Gasteiger partial charge in [-0.15, -0.1) is 0 Å². The first-order valence-corrected chi connectivity index (χ1v) is 23.7. The average Bonchev–Trinajstić information content (AvgIpc) is 3.70. The van der Waals surface area contributed by atoms with E-state index in [9.17, 15) is 40.2 Å². The van der Waals surface area contributed by atoms with Crippen molar-refractivity contribution in [2.75, 3.05) is 0 Å². The lowest BCUT2D eigenvalue weighted by atomic mass is 9.43. The summed E-state index contributed by atoms with van der Waals surface area (Å²) in [6.07, 6.45) is 12.3. The summed E-state index contributed by atoms with van der Waals surface area (Å²) in [4.78, 5) is 25.0. The Bertz CT molecular complexity index is 1510. The molecule has 8 saturated carbocycles. The number of carboxylic acid groups (broad SMARTS) is 1. The van der Waals surface area contributed by atoms with Gasteiger partial charge in [0.25, 0.3) is 0 Å². The van der Waals surface area contributed by atoms with Crippen molar-refractivity contribution in [2.45, 2.75) is 194 Å². The van der Waals surface area contributed by atoms with Gasteiger partial charge in [0, 0.05) is 18.9 Å². The van der Waals surface area contributed by atoms with Gasteiger partial charge < -0.3 is 36.0 Å². The van der Waals surface area contributed by atoms with Crippen LogP contribution in [0.3, 0.4) is 0 Å². The third-order valence-corrected chi connectivity index (χ3v) is 21.1. The molecule has 0 aromatic carbocycles. The van der Waals surface area contributed by atoms with Gasteiger partial charge in [0.15, 0.2) is 0 Å². The van der Waals surface area contributed by atoms with E-state index in [-0.39, 0.29) is 111 Å². The van der Waals surface area contributed by atoms with E-state index in [4.69, 9.17) is 0 Å². The van der Waals surface area contributed by atoms with Crippen molar-refractivity contribution < 1.29 is 40.2 Å². The zero-order valence-corrected chi connectivity index (χ0v) is 36.1. The molecule has 0 saturated heterocycles. The second-order valence-electron chi connectivity index (χ2n) is 23.1. The van der Waals surface area contributed by atoms with Gasteiger partial charge in [-0.05, 0) is 195 Å². The van der Waals surface area contributed by atoms with E-state index in [1.54, 1.807) is 0 Å². The number of aliphatic carboxylic acids is 1. The van der Waals surface area contributed by atoms with Gasteiger partial charge >= 0.3 is 5.97 Å². The van der Waals surface area contributed by atoms with E-state index in [0.717, 1.165) is 89.9 Å². The molecule has 8 rings (SSSR count). The number of hydrogen-bond donors (Lipinski definition) is 7. The lowest BCUT2D eigenvalue weighted by Gasteiger charge is -2.63. The summed E-state index contributed by atoms with van der Waals surface area (Å²) in [7, 11) is 0. The molecule has 0 heterocycles. The largest absolute Gasteiger partial charge is 0.481 e. The van der Waals surface area contributed by atoms with Crippen LogP contribution in [0.2, 0.25) is 0 Å². The van der Waals surface area contributed by atoms with Crippen molar-refractivity contribution in [3.8, 4) is 0 Å². The summed E-state index contributed by atoms with van der Waals surface area (Å²) in [5.74, 6) is 2.37. The maximum Gasteiger partial charge on any atom is 0.303 e. The molecule has 7 N–H and O–H groups in total. The van der Waals surface area contributed by atoms with Crippen molar-refractivity contribution in [1.29, 1.82) is 0 Å². The zero-order valence-electron chi connectivity index (χ0n) is 36.1. The molecule has 9 heteroatoms. The van der Waals surface area contributed by atoms with Gasteiger partial charge in [0.1, 0.15) is 0 Å². The van der Waals surface area contributed by atoms with Crippen molar-refractivity contribution in [1.82, 2.24) is 5.32 Å². The number of aliphatic hydroxyl groups is 5. The van der Waals surface area contributed by atoms with Gasteiger partial charge in [-0.1, -0.05) is 41.5 Å². The van der Waals surface area contributed by atoms with Crippen LogP contribution in [0.5, 0.6) is 0 Å². The number of fused-ring (bicyclic) bond motifs is 10. The number of carboxylic acids is 1. The first-order chi connectivity index (χ1) is 26.8. The maximum absolute atomic E-state index is 13.7. The molecule has 9 nitrogen and oxygen atoms in total. The molecule has 8 aliphatic rings. The molecule has 0 aromatic rings. The Morgan fingerprint density at radius 3 is 1.58 bits per heavy atom. The molecule has 0 radical (unpaired) electrons. The molecule has 22 atom stereocenters. The van der Waals surface area contributed by atoms with Gasteiger partial charge in [0.05, 0.1) is 30.5 Å². The van der Waals surface area contributed by atoms with E-state index in [1.807, 2.05) is 0 Å². The zero-order chi connectivity index (χ0) is 41.0. The quantitative estimate of drug-likeness (QED) is 0.132. The van der Waals surface area contributed by atoms with Crippen LogP contribution in [-0.2, 0) is 9.59 Å². The van der Waals surface area contributed by atoms with Crippen LogP contribution >= 0.6 is 0 Å². The van der Waals surface area contributed by atoms with Crippen LogP contribution in [0.4, 0.5) is 0 Å². The second-order valence-corrected chi connectivity index (χ2v) is 23.1. The van der Waals surface area contributed by atoms with E-state index in [0.29, 0.717) is 31.1 Å². The summed E-state index contributed by atoms with van der Waals surface area (Å²) in [6.45, 7) is 13.7. The number of carbonyl (C=O) groups is 2. The van der Waals surface area contributed by atoms with Gasteiger partial charge in [-0.3, -0.25) is 9.59 Å². The van der Waals surface area contributed by atoms with Crippen molar-refractivity contribution in [3.63, 3.8) is 0 Å². The van der Waals surface area contributed by atoms with Crippen LogP contribution in [0.1, 0.15) is 157 Å². The highest BCUT2D eigenvalue weighted by molar-refractivity contribution is 5.76. The minimum Gasteiger partial charge on any atom is -0.481 e. The number of carbonyl (C=O) groups excluding carboxylic acids is 1. The summed E-state index contributed by atoms with van der Waals surface area (Å²) in [6, 6.07) is 0.0868. The van der Waals surface area contributed by atoms with Gasteiger partial charge in [-0.25, -0.2) is 0 Å². The Kier molecular flexibility index (Phi) is 11.4. The Balaban J connectivity index is 0.867. The predicted octanol–water partition coefficient (Wildman–Crippen LogP) is 6.95. The molecule has 0 aliphatic heterocycles. The second kappa shape index (κ2) is 15.3. The lowest BCUT2D eigenvalue weighted by molar-refractivity contribution is -0.207. The molecule has 1 amide bonds. The fourth-order valence-electron chi connectivity index (χ4n) is 17.8. The summed E-state index contributed by atoms with van der Waals surface area (Å²) in [5.41, 5.74) is -0.514. The molecular weight excluding hydrogens is 719 g/mol. The minimum absolute atomic E-state index is 0.00569. The van der Waals surface area contributed by atoms with Gasteiger partial charge in [0.2, 0.25) is 5.91 Å². The smallest absolute Gasteiger partial charge is 0.303 e. The number of amides is 1. The highest BCUT2D eigenvalue weighted by Crippen LogP contribution is 2.70. The Hall–Kier alpha value is -1.26. The summed E-state index contributed by atoms with van der Waals surface area (Å²) >= 11 is 0. The molecule has 0 spiro atoms. The molecule has 57 heavy (non-hydrogen) atoms. The molecule has 0 bridgehead atoms. The molecule has 0 unspecified atom stereocenters. The first-order valence-electron chi connectivity index (χ1n) is 23.7.